The number of nitrogen functional groups attached to an aromatic ring is 1. The molecule has 0 bridgehead atoms. The second-order valence-corrected chi connectivity index (χ2v) is 9.23. The number of aromatic nitrogens is 3. The van der Waals surface area contributed by atoms with E-state index in [0.29, 0.717) is 24.8 Å². The average molecular weight is 522 g/mol. The van der Waals surface area contributed by atoms with Gasteiger partial charge in [-0.2, -0.15) is 0 Å². The van der Waals surface area contributed by atoms with Crippen LogP contribution in [0.2, 0.25) is 0 Å². The average Bonchev–Trinajstić information content (AvgIpc) is 3.39. The van der Waals surface area contributed by atoms with E-state index in [1.54, 1.807) is 6.20 Å². The van der Waals surface area contributed by atoms with Crippen LogP contribution in [-0.4, -0.2) is 33.9 Å². The maximum atomic E-state index is 9.76. The molecule has 0 amide bonds. The minimum Gasteiger partial charge on any atom is -0.463 e. The lowest BCUT2D eigenvalue weighted by Gasteiger charge is -2.21. The van der Waals surface area contributed by atoms with Gasteiger partial charge in [0, 0.05) is 30.4 Å². The van der Waals surface area contributed by atoms with Gasteiger partial charge in [-0.3, -0.25) is 9.20 Å². The van der Waals surface area contributed by atoms with Crippen molar-refractivity contribution in [2.45, 2.75) is 25.4 Å². The molecule has 3 aromatic carbocycles. The van der Waals surface area contributed by atoms with E-state index in [4.69, 9.17) is 15.5 Å². The molecular formula is C31H31N5O3. The monoisotopic (exact) mass is 521 g/mol. The molecule has 1 saturated heterocycles. The summed E-state index contributed by atoms with van der Waals surface area (Å²) in [6, 6.07) is 27.3. The Morgan fingerprint density at radius 1 is 0.974 bits per heavy atom. The van der Waals surface area contributed by atoms with Crippen LogP contribution >= 0.6 is 0 Å². The van der Waals surface area contributed by atoms with Gasteiger partial charge in [-0.15, -0.1) is 0 Å². The Balaban J connectivity index is 0.000000261. The number of hydrogen-bond donors (Lipinski definition) is 2. The fourth-order valence-electron chi connectivity index (χ4n) is 4.66. The number of fused-ring (bicyclic) bond motifs is 1. The van der Waals surface area contributed by atoms with Crippen molar-refractivity contribution in [2.75, 3.05) is 18.8 Å². The second-order valence-electron chi connectivity index (χ2n) is 9.23. The van der Waals surface area contributed by atoms with Gasteiger partial charge in [0.1, 0.15) is 41.0 Å². The maximum absolute atomic E-state index is 9.76. The Morgan fingerprint density at radius 3 is 2.38 bits per heavy atom. The number of carbonyl (C=O) groups excluding carboxylic acids is 1. The molecular weight excluding hydrogens is 490 g/mol. The third-order valence-corrected chi connectivity index (χ3v) is 6.54. The van der Waals surface area contributed by atoms with Gasteiger partial charge in [0.25, 0.3) is 6.47 Å². The van der Waals surface area contributed by atoms with E-state index in [0.717, 1.165) is 65.6 Å². The zero-order valence-corrected chi connectivity index (χ0v) is 21.6. The maximum Gasteiger partial charge on any atom is 0.293 e. The number of ether oxygens (including phenoxy) is 2. The van der Waals surface area contributed by atoms with Crippen LogP contribution < -0.4 is 15.8 Å². The lowest BCUT2D eigenvalue weighted by atomic mass is 9.99. The first-order valence-corrected chi connectivity index (χ1v) is 13.0. The molecule has 0 radical (unpaired) electrons. The number of hydrogen-bond acceptors (Lipinski definition) is 7. The lowest BCUT2D eigenvalue weighted by Crippen LogP contribution is -2.29. The lowest BCUT2D eigenvalue weighted by molar-refractivity contribution is -0.129. The Bertz CT molecular complexity index is 1480. The van der Waals surface area contributed by atoms with Crippen LogP contribution in [0.1, 0.15) is 30.1 Å². The molecule has 39 heavy (non-hydrogen) atoms. The van der Waals surface area contributed by atoms with Crippen LogP contribution in [0.3, 0.4) is 0 Å². The van der Waals surface area contributed by atoms with Crippen molar-refractivity contribution >= 4 is 17.8 Å². The smallest absolute Gasteiger partial charge is 0.293 e. The molecule has 8 heteroatoms. The van der Waals surface area contributed by atoms with Crippen LogP contribution in [0.15, 0.2) is 97.3 Å². The Kier molecular flexibility index (Phi) is 8.45. The fourth-order valence-corrected chi connectivity index (χ4v) is 4.66. The van der Waals surface area contributed by atoms with Crippen molar-refractivity contribution < 1.29 is 14.3 Å². The Morgan fingerprint density at radius 2 is 1.69 bits per heavy atom. The normalized spacial score (nSPS) is 14.7. The first kappa shape index (κ1) is 25.9. The van der Waals surface area contributed by atoms with Crippen LogP contribution in [0.4, 0.5) is 5.82 Å². The highest BCUT2D eigenvalue weighted by Crippen LogP contribution is 2.33. The number of rotatable bonds is 7. The number of piperidine rings is 1. The Labute approximate surface area is 227 Å². The molecule has 1 atom stereocenters. The number of nitrogens with one attached hydrogen (secondary N) is 1. The molecule has 6 rings (SSSR count). The summed E-state index contributed by atoms with van der Waals surface area (Å²) in [5.74, 6) is 3.50. The van der Waals surface area contributed by atoms with E-state index < -0.39 is 0 Å². The van der Waals surface area contributed by atoms with Gasteiger partial charge in [-0.1, -0.05) is 48.5 Å². The van der Waals surface area contributed by atoms with E-state index in [2.05, 4.69) is 19.4 Å². The van der Waals surface area contributed by atoms with Crippen molar-refractivity contribution in [3.05, 3.63) is 109 Å². The molecule has 3 N–H and O–H groups in total. The summed E-state index contributed by atoms with van der Waals surface area (Å²) in [5.41, 5.74) is 9.99. The molecule has 2 aromatic heterocycles. The summed E-state index contributed by atoms with van der Waals surface area (Å²) < 4.78 is 12.5. The highest BCUT2D eigenvalue weighted by molar-refractivity contribution is 5.85. The predicted molar refractivity (Wildman–Crippen MR) is 151 cm³/mol. The van der Waals surface area contributed by atoms with E-state index in [9.17, 15) is 4.79 Å². The minimum absolute atomic E-state index is 0.365. The third kappa shape index (κ3) is 6.42. The first-order valence-electron chi connectivity index (χ1n) is 13.0. The van der Waals surface area contributed by atoms with Gasteiger partial charge in [0.05, 0.1) is 0 Å². The van der Waals surface area contributed by atoms with Gasteiger partial charge in [0.15, 0.2) is 0 Å². The molecule has 0 spiro atoms. The van der Waals surface area contributed by atoms with Crippen molar-refractivity contribution in [1.29, 1.82) is 0 Å². The number of para-hydroxylation sites is 1. The number of benzene rings is 3. The topological polar surface area (TPSA) is 104 Å². The molecule has 198 valence electrons. The quantitative estimate of drug-likeness (QED) is 0.269. The summed E-state index contributed by atoms with van der Waals surface area (Å²) >= 11 is 0. The van der Waals surface area contributed by atoms with Crippen molar-refractivity contribution in [1.82, 2.24) is 19.7 Å². The fraction of sp³-hybridized carbons (Fsp3) is 0.194. The van der Waals surface area contributed by atoms with Crippen molar-refractivity contribution in [2.24, 2.45) is 0 Å². The third-order valence-electron chi connectivity index (χ3n) is 6.54. The predicted octanol–water partition coefficient (Wildman–Crippen LogP) is 5.60. The first-order chi connectivity index (χ1) is 19.2. The molecule has 1 unspecified atom stereocenters. The molecule has 1 fully saturated rings. The number of anilines is 1. The number of nitrogens with zero attached hydrogens (tertiary/aromatic N) is 3. The van der Waals surface area contributed by atoms with E-state index in [-0.39, 0.29) is 0 Å². The van der Waals surface area contributed by atoms with Gasteiger partial charge < -0.3 is 20.5 Å². The standard InChI is InChI=1S/C23H23N5O.C8H8O2/c24-22-21-20(16-8-10-19(11-9-16)29-18-6-2-1-3-7-18)27-23(28(21)14-13-26-22)17-5-4-12-25-15-17;9-7-10-6-8-4-2-1-3-5-8/h1-3,6-11,13-14,17,25H,4-5,12,15H2,(H2,24,26);1-5,7H,6H2. The summed E-state index contributed by atoms with van der Waals surface area (Å²) in [4.78, 5) is 19.1. The SMILES string of the molecule is Nc1nccn2c(C3CCCNC3)nc(-c3ccc(Oc4ccccc4)cc3)c12.O=COCc1ccccc1. The summed E-state index contributed by atoms with van der Waals surface area (Å²) in [7, 11) is 0. The van der Waals surface area contributed by atoms with Crippen LogP contribution in [-0.2, 0) is 16.1 Å². The van der Waals surface area contributed by atoms with Gasteiger partial charge in [-0.05, 0) is 61.3 Å². The summed E-state index contributed by atoms with van der Waals surface area (Å²) in [5, 5.41) is 3.48. The highest BCUT2D eigenvalue weighted by atomic mass is 16.5. The van der Waals surface area contributed by atoms with Gasteiger partial charge in [0.2, 0.25) is 0 Å². The van der Waals surface area contributed by atoms with E-state index >= 15 is 0 Å². The largest absolute Gasteiger partial charge is 0.463 e. The second kappa shape index (κ2) is 12.7. The summed E-state index contributed by atoms with van der Waals surface area (Å²) in [6.07, 6.45) is 5.97. The molecule has 0 aliphatic carbocycles. The minimum atomic E-state index is 0.365. The zero-order chi connectivity index (χ0) is 26.9. The summed E-state index contributed by atoms with van der Waals surface area (Å²) in [6.45, 7) is 2.82. The van der Waals surface area contributed by atoms with Gasteiger partial charge in [-0.25, -0.2) is 9.97 Å². The zero-order valence-electron chi connectivity index (χ0n) is 21.6. The Hall–Kier alpha value is -4.69. The molecule has 1 aliphatic rings. The van der Waals surface area contributed by atoms with Crippen LogP contribution in [0.5, 0.6) is 11.5 Å². The molecule has 5 aromatic rings. The molecule has 8 nitrogen and oxygen atoms in total. The van der Waals surface area contributed by atoms with Crippen LogP contribution in [0, 0.1) is 0 Å². The molecule has 1 aliphatic heterocycles. The van der Waals surface area contributed by atoms with Crippen LogP contribution in [0.25, 0.3) is 16.8 Å². The molecule has 3 heterocycles. The number of imidazole rings is 1. The van der Waals surface area contributed by atoms with Crippen molar-refractivity contribution in [3.63, 3.8) is 0 Å². The highest BCUT2D eigenvalue weighted by Gasteiger charge is 2.23. The van der Waals surface area contributed by atoms with E-state index in [1.807, 2.05) is 91.1 Å². The van der Waals surface area contributed by atoms with Gasteiger partial charge >= 0.3 is 0 Å². The number of nitrogens with two attached hydrogens (primary N) is 1. The van der Waals surface area contributed by atoms with E-state index in [1.165, 1.54) is 0 Å². The van der Waals surface area contributed by atoms with Crippen molar-refractivity contribution in [3.8, 4) is 22.8 Å². The molecule has 0 saturated carbocycles. The number of carbonyl (C=O) groups is 1.